The Morgan fingerprint density at radius 1 is 1.25 bits per heavy atom. The molecule has 0 atom stereocenters. The molecule has 1 N–H and O–H groups in total. The molecule has 0 saturated heterocycles. The molecular weight excluding hydrogens is 312 g/mol. The number of nitro groups is 1. The first-order chi connectivity index (χ1) is 11.5. The third kappa shape index (κ3) is 3.09. The quantitative estimate of drug-likeness (QED) is 0.580. The van der Waals surface area contributed by atoms with Crippen molar-refractivity contribution >= 4 is 17.3 Å². The Morgan fingerprint density at radius 3 is 2.75 bits per heavy atom. The summed E-state index contributed by atoms with van der Waals surface area (Å²) in [5, 5.41) is 24.4. The van der Waals surface area contributed by atoms with Gasteiger partial charge in [-0.1, -0.05) is 6.07 Å². The molecule has 24 heavy (non-hydrogen) atoms. The minimum Gasteiger partial charge on any atom is -0.322 e. The zero-order chi connectivity index (χ0) is 17.1. The van der Waals surface area contributed by atoms with Crippen molar-refractivity contribution in [1.82, 2.24) is 20.2 Å². The number of anilines is 1. The molecule has 9 heteroatoms. The van der Waals surface area contributed by atoms with E-state index in [2.05, 4.69) is 20.8 Å². The van der Waals surface area contributed by atoms with Crippen molar-refractivity contribution in [1.29, 1.82) is 0 Å². The number of non-ortho nitro benzene ring substituents is 1. The number of rotatable bonds is 4. The molecule has 1 aromatic heterocycles. The molecule has 0 spiro atoms. The maximum atomic E-state index is 12.4. The zero-order valence-corrected chi connectivity index (χ0v) is 12.6. The van der Waals surface area contributed by atoms with Crippen molar-refractivity contribution in [2.75, 3.05) is 5.32 Å². The molecule has 0 fully saturated rings. The Kier molecular flexibility index (Phi) is 3.98. The monoisotopic (exact) mass is 324 g/mol. The summed E-state index contributed by atoms with van der Waals surface area (Å²) in [5.41, 5.74) is 2.10. The van der Waals surface area contributed by atoms with Gasteiger partial charge in [-0.05, 0) is 47.2 Å². The molecule has 0 aliphatic rings. The van der Waals surface area contributed by atoms with E-state index >= 15 is 0 Å². The number of carbonyl (C=O) groups excluding carboxylic acids is 1. The van der Waals surface area contributed by atoms with Gasteiger partial charge >= 0.3 is 0 Å². The normalized spacial score (nSPS) is 10.4. The van der Waals surface area contributed by atoms with Crippen LogP contribution < -0.4 is 5.32 Å². The van der Waals surface area contributed by atoms with Crippen LogP contribution in [0.5, 0.6) is 0 Å². The molecule has 0 unspecified atom stereocenters. The van der Waals surface area contributed by atoms with Gasteiger partial charge in [-0.25, -0.2) is 4.68 Å². The minimum atomic E-state index is -0.496. The maximum Gasteiger partial charge on any atom is 0.269 e. The van der Waals surface area contributed by atoms with E-state index in [0.717, 1.165) is 0 Å². The molecule has 1 amide bonds. The summed E-state index contributed by atoms with van der Waals surface area (Å²) in [6, 6.07) is 11.1. The topological polar surface area (TPSA) is 116 Å². The smallest absolute Gasteiger partial charge is 0.269 e. The van der Waals surface area contributed by atoms with Crippen LogP contribution in [0.3, 0.4) is 0 Å². The zero-order valence-electron chi connectivity index (χ0n) is 12.6. The van der Waals surface area contributed by atoms with Gasteiger partial charge in [0.2, 0.25) is 0 Å². The second kappa shape index (κ2) is 6.24. The molecule has 3 aromatic rings. The summed E-state index contributed by atoms with van der Waals surface area (Å²) in [5.74, 6) is -0.351. The van der Waals surface area contributed by atoms with Crippen molar-refractivity contribution in [2.24, 2.45) is 0 Å². The van der Waals surface area contributed by atoms with E-state index in [1.54, 1.807) is 31.2 Å². The summed E-state index contributed by atoms with van der Waals surface area (Å²) in [6.07, 6.45) is 1.45. The molecule has 9 nitrogen and oxygen atoms in total. The Hall–Kier alpha value is -3.62. The van der Waals surface area contributed by atoms with E-state index in [4.69, 9.17) is 0 Å². The summed E-state index contributed by atoms with van der Waals surface area (Å²) >= 11 is 0. The average Bonchev–Trinajstić information content (AvgIpc) is 3.09. The Balaban J connectivity index is 1.83. The Morgan fingerprint density at radius 2 is 2.08 bits per heavy atom. The average molecular weight is 324 g/mol. The van der Waals surface area contributed by atoms with E-state index in [1.807, 2.05) is 0 Å². The van der Waals surface area contributed by atoms with Crippen LogP contribution in [0, 0.1) is 17.0 Å². The van der Waals surface area contributed by atoms with Crippen LogP contribution in [0.4, 0.5) is 11.4 Å². The number of nitrogens with zero attached hydrogens (tertiary/aromatic N) is 5. The summed E-state index contributed by atoms with van der Waals surface area (Å²) < 4.78 is 1.47. The first kappa shape index (κ1) is 15.3. The highest BCUT2D eigenvalue weighted by molar-refractivity contribution is 6.05. The molecule has 2 aromatic carbocycles. The van der Waals surface area contributed by atoms with Crippen LogP contribution >= 0.6 is 0 Å². The number of tetrazole rings is 1. The molecule has 0 radical (unpaired) electrons. The van der Waals surface area contributed by atoms with Gasteiger partial charge < -0.3 is 5.32 Å². The van der Waals surface area contributed by atoms with Crippen LogP contribution in [-0.4, -0.2) is 31.0 Å². The number of amides is 1. The number of aryl methyl sites for hydroxylation is 1. The van der Waals surface area contributed by atoms with Gasteiger partial charge in [0.05, 0.1) is 10.6 Å². The molecule has 0 aliphatic carbocycles. The lowest BCUT2D eigenvalue weighted by molar-refractivity contribution is -0.384. The van der Waals surface area contributed by atoms with Gasteiger partial charge in [-0.3, -0.25) is 14.9 Å². The van der Waals surface area contributed by atoms with Gasteiger partial charge in [0.15, 0.2) is 0 Å². The summed E-state index contributed by atoms with van der Waals surface area (Å²) in [7, 11) is 0. The van der Waals surface area contributed by atoms with Crippen molar-refractivity contribution in [3.8, 4) is 5.69 Å². The number of hydrogen-bond donors (Lipinski definition) is 1. The van der Waals surface area contributed by atoms with Crippen LogP contribution in [0.25, 0.3) is 5.69 Å². The van der Waals surface area contributed by atoms with E-state index < -0.39 is 4.92 Å². The number of hydrogen-bond acceptors (Lipinski definition) is 6. The maximum absolute atomic E-state index is 12.4. The second-order valence-electron chi connectivity index (χ2n) is 5.02. The molecule has 120 valence electrons. The first-order valence-electron chi connectivity index (χ1n) is 6.94. The van der Waals surface area contributed by atoms with Gasteiger partial charge in [0.25, 0.3) is 11.6 Å². The van der Waals surface area contributed by atoms with E-state index in [1.165, 1.54) is 29.2 Å². The lowest BCUT2D eigenvalue weighted by atomic mass is 10.1. The van der Waals surface area contributed by atoms with Crippen LogP contribution in [0.1, 0.15) is 15.9 Å². The van der Waals surface area contributed by atoms with E-state index in [-0.39, 0.29) is 11.6 Å². The third-order valence-electron chi connectivity index (χ3n) is 3.38. The SMILES string of the molecule is Cc1cc([N+](=O)[O-])ccc1C(=O)Nc1cccc(-n2cnnn2)c1. The number of nitro benzene ring substituents is 1. The lowest BCUT2D eigenvalue weighted by Gasteiger charge is -2.09. The van der Waals surface area contributed by atoms with Gasteiger partial charge in [-0.15, -0.1) is 5.10 Å². The van der Waals surface area contributed by atoms with Crippen molar-refractivity contribution in [3.63, 3.8) is 0 Å². The fourth-order valence-corrected chi connectivity index (χ4v) is 2.22. The number of nitrogens with one attached hydrogen (secondary N) is 1. The molecule has 0 aliphatic heterocycles. The second-order valence-corrected chi connectivity index (χ2v) is 5.02. The highest BCUT2D eigenvalue weighted by atomic mass is 16.6. The predicted octanol–water partition coefficient (Wildman–Crippen LogP) is 2.13. The van der Waals surface area contributed by atoms with Crippen molar-refractivity contribution in [2.45, 2.75) is 6.92 Å². The van der Waals surface area contributed by atoms with Crippen molar-refractivity contribution < 1.29 is 9.72 Å². The van der Waals surface area contributed by atoms with Crippen LogP contribution in [0.2, 0.25) is 0 Å². The van der Waals surface area contributed by atoms with Crippen LogP contribution in [-0.2, 0) is 0 Å². The number of aromatic nitrogens is 4. The highest BCUT2D eigenvalue weighted by Gasteiger charge is 2.14. The van der Waals surface area contributed by atoms with Gasteiger partial charge in [0, 0.05) is 23.4 Å². The summed E-state index contributed by atoms with van der Waals surface area (Å²) in [6.45, 7) is 1.65. The van der Waals surface area contributed by atoms with E-state index in [0.29, 0.717) is 22.5 Å². The third-order valence-corrected chi connectivity index (χ3v) is 3.38. The lowest BCUT2D eigenvalue weighted by Crippen LogP contribution is -2.13. The molecule has 0 saturated carbocycles. The first-order valence-corrected chi connectivity index (χ1v) is 6.94. The van der Waals surface area contributed by atoms with Crippen molar-refractivity contribution in [3.05, 3.63) is 70.0 Å². The standard InChI is InChI=1S/C15H12N6O3/c1-10-7-13(21(23)24)5-6-14(10)15(22)17-11-3-2-4-12(8-11)20-9-16-18-19-20/h2-9H,1H3,(H,17,22). The van der Waals surface area contributed by atoms with Gasteiger partial charge in [-0.2, -0.15) is 0 Å². The largest absolute Gasteiger partial charge is 0.322 e. The number of carbonyl (C=O) groups is 1. The van der Waals surface area contributed by atoms with Crippen LogP contribution in [0.15, 0.2) is 48.8 Å². The fourth-order valence-electron chi connectivity index (χ4n) is 2.22. The minimum absolute atomic E-state index is 0.0512. The molecule has 0 bridgehead atoms. The predicted molar refractivity (Wildman–Crippen MR) is 84.9 cm³/mol. The highest BCUT2D eigenvalue weighted by Crippen LogP contribution is 2.19. The fraction of sp³-hybridized carbons (Fsp3) is 0.0667. The Labute approximate surface area is 136 Å². The Bertz CT molecular complexity index is 907. The summed E-state index contributed by atoms with van der Waals surface area (Å²) in [4.78, 5) is 22.7. The molecule has 3 rings (SSSR count). The van der Waals surface area contributed by atoms with E-state index in [9.17, 15) is 14.9 Å². The van der Waals surface area contributed by atoms with Gasteiger partial charge in [0.1, 0.15) is 6.33 Å². The number of benzene rings is 2. The molecular formula is C15H12N6O3. The molecule has 1 heterocycles.